The molecule has 0 bridgehead atoms. The van der Waals surface area contributed by atoms with Crippen LogP contribution in [-0.2, 0) is 6.54 Å². The van der Waals surface area contributed by atoms with E-state index < -0.39 is 11.6 Å². The summed E-state index contributed by atoms with van der Waals surface area (Å²) in [5.74, 6) is -0.0426. The van der Waals surface area contributed by atoms with Gasteiger partial charge < -0.3 is 10.3 Å². The van der Waals surface area contributed by atoms with Gasteiger partial charge in [0.15, 0.2) is 11.6 Å². The number of hydrogen-bond acceptors (Lipinski definition) is 2. The van der Waals surface area contributed by atoms with Gasteiger partial charge in [-0.15, -0.1) is 0 Å². The van der Waals surface area contributed by atoms with Crippen molar-refractivity contribution in [2.24, 2.45) is 11.8 Å². The summed E-state index contributed by atoms with van der Waals surface area (Å²) in [5, 5.41) is 0. The Morgan fingerprint density at radius 1 is 1.33 bits per heavy atom. The Morgan fingerprint density at radius 2 is 2.14 bits per heavy atom. The highest BCUT2D eigenvalue weighted by Crippen LogP contribution is 2.32. The van der Waals surface area contributed by atoms with Crippen molar-refractivity contribution in [2.75, 3.05) is 5.73 Å². The summed E-state index contributed by atoms with van der Waals surface area (Å²) in [6, 6.07) is 2.57. The molecule has 5 heteroatoms. The highest BCUT2D eigenvalue weighted by molar-refractivity contribution is 5.79. The number of imidazole rings is 1. The maximum Gasteiger partial charge on any atom is 0.201 e. The summed E-state index contributed by atoms with van der Waals surface area (Å²) in [6.45, 7) is 2.88. The van der Waals surface area contributed by atoms with Crippen LogP contribution in [0.1, 0.15) is 39.0 Å². The van der Waals surface area contributed by atoms with Crippen molar-refractivity contribution in [1.82, 2.24) is 9.55 Å². The van der Waals surface area contributed by atoms with Crippen LogP contribution in [0.2, 0.25) is 0 Å². The molecule has 0 radical (unpaired) electrons. The molecule has 2 atom stereocenters. The predicted octanol–water partition coefficient (Wildman–Crippen LogP) is 4.11. The Bertz CT molecular complexity index is 650. The van der Waals surface area contributed by atoms with Crippen molar-refractivity contribution >= 4 is 17.0 Å². The van der Waals surface area contributed by atoms with Crippen LogP contribution in [0.15, 0.2) is 12.1 Å². The van der Waals surface area contributed by atoms with Crippen molar-refractivity contribution in [1.29, 1.82) is 0 Å². The molecule has 1 heterocycles. The zero-order chi connectivity index (χ0) is 15.0. The number of benzene rings is 1. The number of anilines is 1. The molecule has 2 N–H and O–H groups in total. The van der Waals surface area contributed by atoms with Crippen LogP contribution >= 0.6 is 0 Å². The third kappa shape index (κ3) is 2.74. The van der Waals surface area contributed by atoms with Gasteiger partial charge in [-0.05, 0) is 36.8 Å². The zero-order valence-corrected chi connectivity index (χ0v) is 12.3. The number of aryl methyl sites for hydroxylation is 1. The van der Waals surface area contributed by atoms with Crippen LogP contribution in [0.5, 0.6) is 0 Å². The smallest absolute Gasteiger partial charge is 0.201 e. The third-order valence-corrected chi connectivity index (χ3v) is 4.64. The van der Waals surface area contributed by atoms with Gasteiger partial charge in [0.2, 0.25) is 5.95 Å². The number of aromatic nitrogens is 2. The second-order valence-electron chi connectivity index (χ2n) is 6.28. The van der Waals surface area contributed by atoms with Gasteiger partial charge in [0, 0.05) is 6.54 Å². The number of nitrogens with zero attached hydrogens (tertiary/aromatic N) is 2. The molecule has 114 valence electrons. The molecular weight excluding hydrogens is 272 g/mol. The summed E-state index contributed by atoms with van der Waals surface area (Å²) < 4.78 is 29.1. The Labute approximate surface area is 123 Å². The molecule has 3 nitrogen and oxygen atoms in total. The molecule has 1 aliphatic rings. The van der Waals surface area contributed by atoms with Gasteiger partial charge in [-0.3, -0.25) is 0 Å². The first-order valence-electron chi connectivity index (χ1n) is 7.66. The molecule has 21 heavy (non-hydrogen) atoms. The first kappa shape index (κ1) is 14.3. The summed E-state index contributed by atoms with van der Waals surface area (Å²) in [6.07, 6.45) is 5.93. The van der Waals surface area contributed by atoms with Crippen LogP contribution in [0, 0.1) is 23.5 Å². The largest absolute Gasteiger partial charge is 0.369 e. The Morgan fingerprint density at radius 3 is 2.90 bits per heavy atom. The molecule has 3 rings (SSSR count). The monoisotopic (exact) mass is 293 g/mol. The van der Waals surface area contributed by atoms with E-state index in [9.17, 15) is 8.78 Å². The van der Waals surface area contributed by atoms with E-state index in [-0.39, 0.29) is 11.5 Å². The Hall–Kier alpha value is -1.65. The lowest BCUT2D eigenvalue weighted by molar-refractivity contribution is 0.262. The van der Waals surface area contributed by atoms with Crippen molar-refractivity contribution in [3.05, 3.63) is 23.8 Å². The van der Waals surface area contributed by atoms with Gasteiger partial charge in [0.1, 0.15) is 5.52 Å². The van der Waals surface area contributed by atoms with Crippen LogP contribution in [0.4, 0.5) is 14.7 Å². The molecule has 2 aromatic rings. The van der Waals surface area contributed by atoms with Gasteiger partial charge in [-0.25, -0.2) is 13.8 Å². The highest BCUT2D eigenvalue weighted by Gasteiger charge is 2.21. The first-order valence-corrected chi connectivity index (χ1v) is 7.66. The number of halogens is 2. The maximum atomic E-state index is 14.0. The fourth-order valence-electron chi connectivity index (χ4n) is 3.53. The van der Waals surface area contributed by atoms with E-state index in [1.807, 2.05) is 0 Å². The van der Waals surface area contributed by atoms with Gasteiger partial charge in [0.25, 0.3) is 0 Å². The van der Waals surface area contributed by atoms with Crippen molar-refractivity contribution in [3.8, 4) is 0 Å². The molecule has 0 saturated heterocycles. The van der Waals surface area contributed by atoms with Crippen LogP contribution in [-0.4, -0.2) is 9.55 Å². The summed E-state index contributed by atoms with van der Waals surface area (Å²) in [4.78, 5) is 4.13. The molecule has 1 aliphatic carbocycles. The third-order valence-electron chi connectivity index (χ3n) is 4.64. The molecule has 0 spiro atoms. The second kappa shape index (κ2) is 5.62. The zero-order valence-electron chi connectivity index (χ0n) is 12.3. The standard InChI is InChI=1S/C16H21F2N3/c1-10-3-2-4-11(9-10)7-8-21-15-13(20-16(21)19)6-5-12(17)14(15)18/h5-6,10-11H,2-4,7-9H2,1H3,(H2,19,20). The Balaban J connectivity index is 1.83. The van der Waals surface area contributed by atoms with E-state index in [1.165, 1.54) is 31.7 Å². The average molecular weight is 293 g/mol. The molecule has 1 aromatic heterocycles. The molecule has 2 unspecified atom stereocenters. The molecular formula is C16H21F2N3. The fourth-order valence-corrected chi connectivity index (χ4v) is 3.53. The normalized spacial score (nSPS) is 22.8. The quantitative estimate of drug-likeness (QED) is 0.925. The molecule has 1 saturated carbocycles. The van der Waals surface area contributed by atoms with E-state index in [0.29, 0.717) is 18.0 Å². The maximum absolute atomic E-state index is 14.0. The topological polar surface area (TPSA) is 43.8 Å². The predicted molar refractivity (Wildman–Crippen MR) is 79.8 cm³/mol. The number of fused-ring (bicyclic) bond motifs is 1. The van der Waals surface area contributed by atoms with E-state index in [0.717, 1.165) is 18.4 Å². The van der Waals surface area contributed by atoms with Gasteiger partial charge >= 0.3 is 0 Å². The lowest BCUT2D eigenvalue weighted by atomic mass is 9.81. The van der Waals surface area contributed by atoms with Crippen LogP contribution in [0.25, 0.3) is 11.0 Å². The number of nitrogen functional groups attached to an aromatic ring is 1. The average Bonchev–Trinajstić information content (AvgIpc) is 2.77. The van der Waals surface area contributed by atoms with E-state index in [4.69, 9.17) is 5.73 Å². The fraction of sp³-hybridized carbons (Fsp3) is 0.562. The van der Waals surface area contributed by atoms with E-state index in [1.54, 1.807) is 4.57 Å². The minimum Gasteiger partial charge on any atom is -0.369 e. The Kier molecular flexibility index (Phi) is 3.83. The first-order chi connectivity index (χ1) is 10.1. The van der Waals surface area contributed by atoms with E-state index in [2.05, 4.69) is 11.9 Å². The van der Waals surface area contributed by atoms with Gasteiger partial charge in [-0.1, -0.05) is 26.2 Å². The summed E-state index contributed by atoms with van der Waals surface area (Å²) in [7, 11) is 0. The summed E-state index contributed by atoms with van der Waals surface area (Å²) in [5.41, 5.74) is 6.49. The van der Waals surface area contributed by atoms with Crippen LogP contribution < -0.4 is 5.73 Å². The van der Waals surface area contributed by atoms with Crippen molar-refractivity contribution < 1.29 is 8.78 Å². The number of rotatable bonds is 3. The summed E-state index contributed by atoms with van der Waals surface area (Å²) >= 11 is 0. The number of hydrogen-bond donors (Lipinski definition) is 1. The lowest BCUT2D eigenvalue weighted by Gasteiger charge is -2.26. The second-order valence-corrected chi connectivity index (χ2v) is 6.28. The van der Waals surface area contributed by atoms with Crippen LogP contribution in [0.3, 0.4) is 0 Å². The lowest BCUT2D eigenvalue weighted by Crippen LogP contribution is -2.16. The van der Waals surface area contributed by atoms with Gasteiger partial charge in [-0.2, -0.15) is 0 Å². The van der Waals surface area contributed by atoms with Gasteiger partial charge in [0.05, 0.1) is 5.52 Å². The van der Waals surface area contributed by atoms with Crippen molar-refractivity contribution in [2.45, 2.75) is 45.6 Å². The molecule has 1 aromatic carbocycles. The van der Waals surface area contributed by atoms with E-state index >= 15 is 0 Å². The minimum atomic E-state index is -0.853. The number of nitrogens with two attached hydrogens (primary N) is 1. The van der Waals surface area contributed by atoms with Crippen molar-refractivity contribution in [3.63, 3.8) is 0 Å². The molecule has 0 amide bonds. The molecule has 0 aliphatic heterocycles. The molecule has 1 fully saturated rings. The highest BCUT2D eigenvalue weighted by atomic mass is 19.2. The minimum absolute atomic E-state index is 0.191. The SMILES string of the molecule is CC1CCCC(CCn2c(N)nc3ccc(F)c(F)c32)C1.